The molecule has 0 amide bonds. The minimum absolute atomic E-state index is 0.455. The molecule has 5 nitrogen and oxygen atoms in total. The molecule has 0 saturated carbocycles. The molecule has 1 aromatic carbocycles. The van der Waals surface area contributed by atoms with Crippen molar-refractivity contribution >= 4 is 10.9 Å². The number of fused-ring (bicyclic) bond motifs is 7. The molecular weight excluding hydrogens is 290 g/mol. The molecule has 2 aromatic rings. The highest BCUT2D eigenvalue weighted by atomic mass is 16.5. The third-order valence-electron chi connectivity index (χ3n) is 5.78. The highest BCUT2D eigenvalue weighted by molar-refractivity contribution is 5.86. The van der Waals surface area contributed by atoms with Gasteiger partial charge in [-0.05, 0) is 36.6 Å². The Hall–Kier alpha value is -1.56. The van der Waals surface area contributed by atoms with Crippen LogP contribution in [0.2, 0.25) is 0 Å². The van der Waals surface area contributed by atoms with E-state index in [1.54, 1.807) is 7.11 Å². The Morgan fingerprint density at radius 2 is 2.22 bits per heavy atom. The summed E-state index contributed by atoms with van der Waals surface area (Å²) in [4.78, 5) is 8.95. The fourth-order valence-electron chi connectivity index (χ4n) is 4.64. The number of aromatic amines is 1. The van der Waals surface area contributed by atoms with Crippen LogP contribution in [0, 0.1) is 0 Å². The van der Waals surface area contributed by atoms with Gasteiger partial charge in [-0.15, -0.1) is 0 Å². The number of hydrogen-bond acceptors (Lipinski definition) is 4. The molecule has 5 rings (SSSR count). The average molecular weight is 313 g/mol. The van der Waals surface area contributed by atoms with Gasteiger partial charge in [-0.25, -0.2) is 0 Å². The predicted molar refractivity (Wildman–Crippen MR) is 88.8 cm³/mol. The molecule has 1 N–H and O–H groups in total. The summed E-state index contributed by atoms with van der Waals surface area (Å²) < 4.78 is 11.2. The topological polar surface area (TPSA) is 40.7 Å². The van der Waals surface area contributed by atoms with Crippen molar-refractivity contribution in [2.75, 3.05) is 40.0 Å². The van der Waals surface area contributed by atoms with E-state index in [1.807, 2.05) is 6.07 Å². The minimum atomic E-state index is 0.455. The lowest BCUT2D eigenvalue weighted by atomic mass is 9.92. The van der Waals surface area contributed by atoms with E-state index >= 15 is 0 Å². The summed E-state index contributed by atoms with van der Waals surface area (Å²) in [6, 6.07) is 6.87. The molecule has 0 bridgehead atoms. The van der Waals surface area contributed by atoms with Crippen LogP contribution in [0.3, 0.4) is 0 Å². The maximum atomic E-state index is 5.76. The lowest BCUT2D eigenvalue weighted by molar-refractivity contribution is -0.120. The molecule has 0 radical (unpaired) electrons. The fourth-order valence-corrected chi connectivity index (χ4v) is 4.64. The number of morpholine rings is 1. The monoisotopic (exact) mass is 313 g/mol. The van der Waals surface area contributed by atoms with E-state index in [4.69, 9.17) is 9.47 Å². The molecule has 23 heavy (non-hydrogen) atoms. The molecule has 0 unspecified atom stereocenters. The number of hydrogen-bond donors (Lipinski definition) is 1. The molecule has 0 aliphatic carbocycles. The van der Waals surface area contributed by atoms with E-state index in [-0.39, 0.29) is 0 Å². The molecule has 3 aliphatic rings. The van der Waals surface area contributed by atoms with Gasteiger partial charge < -0.3 is 14.5 Å². The van der Waals surface area contributed by atoms with Crippen LogP contribution >= 0.6 is 0 Å². The Bertz CT molecular complexity index is 741. The summed E-state index contributed by atoms with van der Waals surface area (Å²) in [6.07, 6.45) is 2.76. The standard InChI is InChI=1S/C18H23N3O2/c1-22-12-2-3-15-14(10-12)13-4-7-21-16(18(13)19-15)5-6-20-8-9-23-11-17(20)21/h2-3,10,16-17,19H,4-9,11H2,1H3/t16-,17-/m1/s1. The van der Waals surface area contributed by atoms with Gasteiger partial charge in [-0.1, -0.05) is 0 Å². The quantitative estimate of drug-likeness (QED) is 0.876. The number of aromatic nitrogens is 1. The van der Waals surface area contributed by atoms with Crippen molar-refractivity contribution in [3.8, 4) is 5.75 Å². The minimum Gasteiger partial charge on any atom is -0.497 e. The van der Waals surface area contributed by atoms with Gasteiger partial charge in [0.1, 0.15) is 5.75 Å². The maximum Gasteiger partial charge on any atom is 0.119 e. The number of nitrogens with one attached hydrogen (secondary N) is 1. The first-order chi connectivity index (χ1) is 11.3. The number of benzene rings is 1. The van der Waals surface area contributed by atoms with Crippen LogP contribution in [0.25, 0.3) is 10.9 Å². The zero-order valence-corrected chi connectivity index (χ0v) is 13.5. The van der Waals surface area contributed by atoms with Crippen molar-refractivity contribution in [1.29, 1.82) is 0 Å². The van der Waals surface area contributed by atoms with E-state index in [2.05, 4.69) is 26.9 Å². The summed E-state index contributed by atoms with van der Waals surface area (Å²) >= 11 is 0. The van der Waals surface area contributed by atoms with Crippen LogP contribution < -0.4 is 4.74 Å². The maximum absolute atomic E-state index is 5.76. The predicted octanol–water partition coefficient (Wildman–Crippen LogP) is 2.14. The van der Waals surface area contributed by atoms with Crippen molar-refractivity contribution in [3.63, 3.8) is 0 Å². The highest BCUT2D eigenvalue weighted by Crippen LogP contribution is 2.41. The summed E-state index contributed by atoms with van der Waals surface area (Å²) in [5.41, 5.74) is 4.15. The lowest BCUT2D eigenvalue weighted by Gasteiger charge is -2.51. The van der Waals surface area contributed by atoms with Crippen molar-refractivity contribution in [2.45, 2.75) is 25.0 Å². The first-order valence-corrected chi connectivity index (χ1v) is 8.61. The highest BCUT2D eigenvalue weighted by Gasteiger charge is 2.41. The summed E-state index contributed by atoms with van der Waals surface area (Å²) in [5.74, 6) is 0.942. The Morgan fingerprint density at radius 3 is 3.13 bits per heavy atom. The number of ether oxygens (including phenoxy) is 2. The van der Waals surface area contributed by atoms with E-state index in [9.17, 15) is 0 Å². The van der Waals surface area contributed by atoms with Gasteiger partial charge in [0.25, 0.3) is 0 Å². The van der Waals surface area contributed by atoms with Crippen molar-refractivity contribution in [2.24, 2.45) is 0 Å². The first kappa shape index (κ1) is 13.8. The smallest absolute Gasteiger partial charge is 0.119 e. The third-order valence-corrected chi connectivity index (χ3v) is 5.78. The molecule has 2 fully saturated rings. The SMILES string of the molecule is COc1ccc2[nH]c3c(c2c1)CCN1[C@@H]3CCN2CCOC[C@H]21. The van der Waals surface area contributed by atoms with Gasteiger partial charge in [0.2, 0.25) is 0 Å². The van der Waals surface area contributed by atoms with E-state index in [0.29, 0.717) is 12.2 Å². The van der Waals surface area contributed by atoms with Crippen LogP contribution in [-0.2, 0) is 11.2 Å². The van der Waals surface area contributed by atoms with Gasteiger partial charge in [-0.3, -0.25) is 9.80 Å². The zero-order chi connectivity index (χ0) is 15.4. The summed E-state index contributed by atoms with van der Waals surface area (Å²) in [7, 11) is 1.74. The van der Waals surface area contributed by atoms with Crippen LogP contribution in [0.5, 0.6) is 5.75 Å². The Morgan fingerprint density at radius 1 is 1.26 bits per heavy atom. The molecule has 1 aromatic heterocycles. The fraction of sp³-hybridized carbons (Fsp3) is 0.556. The first-order valence-electron chi connectivity index (χ1n) is 8.61. The molecule has 3 aliphatic heterocycles. The lowest BCUT2D eigenvalue weighted by Crippen LogP contribution is -2.61. The summed E-state index contributed by atoms with van der Waals surface area (Å²) in [5, 5.41) is 1.33. The number of H-pyrrole nitrogens is 1. The molecule has 5 heteroatoms. The summed E-state index contributed by atoms with van der Waals surface area (Å²) in [6.45, 7) is 5.09. The second-order valence-electron chi connectivity index (χ2n) is 6.81. The van der Waals surface area contributed by atoms with Crippen LogP contribution in [0.4, 0.5) is 0 Å². The number of rotatable bonds is 1. The second kappa shape index (κ2) is 5.23. The van der Waals surface area contributed by atoms with Crippen LogP contribution in [0.1, 0.15) is 23.7 Å². The Balaban J connectivity index is 1.56. The van der Waals surface area contributed by atoms with Crippen molar-refractivity contribution < 1.29 is 9.47 Å². The van der Waals surface area contributed by atoms with E-state index < -0.39 is 0 Å². The normalized spacial score (nSPS) is 28.2. The largest absolute Gasteiger partial charge is 0.497 e. The third kappa shape index (κ3) is 2.04. The van der Waals surface area contributed by atoms with Gasteiger partial charge in [0, 0.05) is 36.2 Å². The Labute approximate surface area is 136 Å². The van der Waals surface area contributed by atoms with Gasteiger partial charge >= 0.3 is 0 Å². The molecule has 0 spiro atoms. The molecule has 4 heterocycles. The molecule has 2 atom stereocenters. The van der Waals surface area contributed by atoms with E-state index in [0.717, 1.165) is 38.5 Å². The number of nitrogens with zero attached hydrogens (tertiary/aromatic N) is 2. The van der Waals surface area contributed by atoms with Crippen molar-refractivity contribution in [3.05, 3.63) is 29.5 Å². The molecular formula is C18H23N3O2. The van der Waals surface area contributed by atoms with Crippen molar-refractivity contribution in [1.82, 2.24) is 14.8 Å². The van der Waals surface area contributed by atoms with Crippen LogP contribution in [0.15, 0.2) is 18.2 Å². The van der Waals surface area contributed by atoms with E-state index in [1.165, 1.54) is 35.1 Å². The average Bonchev–Trinajstić information content (AvgIpc) is 2.99. The molecule has 122 valence electrons. The van der Waals surface area contributed by atoms with Crippen LogP contribution in [-0.4, -0.2) is 60.9 Å². The van der Waals surface area contributed by atoms with Gasteiger partial charge in [0.15, 0.2) is 0 Å². The Kier molecular flexibility index (Phi) is 3.15. The zero-order valence-electron chi connectivity index (χ0n) is 13.5. The second-order valence-corrected chi connectivity index (χ2v) is 6.81. The molecule has 2 saturated heterocycles. The van der Waals surface area contributed by atoms with Gasteiger partial charge in [0.05, 0.1) is 32.5 Å². The number of methoxy groups -OCH3 is 1. The van der Waals surface area contributed by atoms with Gasteiger partial charge in [-0.2, -0.15) is 0 Å².